The van der Waals surface area contributed by atoms with Crippen LogP contribution in [0.15, 0.2) is 36.4 Å². The van der Waals surface area contributed by atoms with Crippen molar-refractivity contribution in [1.82, 2.24) is 0 Å². The van der Waals surface area contributed by atoms with E-state index in [0.717, 1.165) is 5.56 Å². The first kappa shape index (κ1) is 19.4. The van der Waals surface area contributed by atoms with E-state index in [0.29, 0.717) is 11.3 Å². The number of aliphatic hydroxyl groups is 1. The minimum atomic E-state index is -1.01. The number of carbonyl (C=O) groups is 1. The summed E-state index contributed by atoms with van der Waals surface area (Å²) in [5, 5.41) is 10.3. The highest BCUT2D eigenvalue weighted by Gasteiger charge is 2.41. The molecule has 0 aliphatic carbocycles. The van der Waals surface area contributed by atoms with Crippen LogP contribution in [0.25, 0.3) is 0 Å². The van der Waals surface area contributed by atoms with E-state index < -0.39 is 22.8 Å². The molecular formula is C19H28O4. The summed E-state index contributed by atoms with van der Waals surface area (Å²) in [6.07, 6.45) is 0. The molecule has 0 unspecified atom stereocenters. The first-order chi connectivity index (χ1) is 10.3. The molecule has 0 aliphatic rings. The number of benzene rings is 1. The molecule has 1 rings (SSSR count). The van der Waals surface area contributed by atoms with Crippen molar-refractivity contribution in [1.29, 1.82) is 0 Å². The third kappa shape index (κ3) is 4.91. The second-order valence-corrected chi connectivity index (χ2v) is 7.38. The number of esters is 1. The minimum absolute atomic E-state index is 0.342. The SMILES string of the molecule is C=C(C)C(=O)Oc1cccc(C(C)(C)OC(C)(C)C(C)(C)O)c1. The maximum atomic E-state index is 11.6. The van der Waals surface area contributed by atoms with Gasteiger partial charge >= 0.3 is 5.97 Å². The maximum Gasteiger partial charge on any atom is 0.338 e. The van der Waals surface area contributed by atoms with Crippen LogP contribution in [0.1, 0.15) is 54.0 Å². The van der Waals surface area contributed by atoms with Crippen LogP contribution >= 0.6 is 0 Å². The number of hydrogen-bond acceptors (Lipinski definition) is 4. The molecule has 0 fully saturated rings. The molecule has 0 atom stereocenters. The fourth-order valence-corrected chi connectivity index (χ4v) is 1.95. The first-order valence-corrected chi connectivity index (χ1v) is 7.67. The fourth-order valence-electron chi connectivity index (χ4n) is 1.95. The van der Waals surface area contributed by atoms with E-state index in [1.54, 1.807) is 39.0 Å². The van der Waals surface area contributed by atoms with Crippen LogP contribution in [0.2, 0.25) is 0 Å². The van der Waals surface area contributed by atoms with Gasteiger partial charge in [-0.2, -0.15) is 0 Å². The van der Waals surface area contributed by atoms with Crippen LogP contribution in [0, 0.1) is 0 Å². The summed E-state index contributed by atoms with van der Waals surface area (Å²) >= 11 is 0. The standard InChI is InChI=1S/C19H28O4/c1-13(2)16(20)22-15-11-9-10-14(12-15)17(3,4)23-19(7,8)18(5,6)21/h9-12,21H,1H2,2-8H3. The van der Waals surface area contributed by atoms with Crippen molar-refractivity contribution < 1.29 is 19.4 Å². The molecule has 0 aromatic heterocycles. The Morgan fingerprint density at radius 2 is 1.70 bits per heavy atom. The number of carbonyl (C=O) groups excluding carboxylic acids is 1. The van der Waals surface area contributed by atoms with Crippen LogP contribution < -0.4 is 4.74 Å². The fraction of sp³-hybridized carbons (Fsp3) is 0.526. The van der Waals surface area contributed by atoms with Gasteiger partial charge in [-0.3, -0.25) is 0 Å². The zero-order valence-corrected chi connectivity index (χ0v) is 15.2. The summed E-state index contributed by atoms with van der Waals surface area (Å²) in [6, 6.07) is 7.18. The van der Waals surface area contributed by atoms with E-state index >= 15 is 0 Å². The Labute approximate surface area is 139 Å². The molecular weight excluding hydrogens is 292 g/mol. The summed E-state index contributed by atoms with van der Waals surface area (Å²) in [5.74, 6) is -0.0223. The highest BCUT2D eigenvalue weighted by molar-refractivity contribution is 5.88. The Bertz CT molecular complexity index is 592. The van der Waals surface area contributed by atoms with Gasteiger partial charge in [-0.05, 0) is 66.2 Å². The number of hydrogen-bond donors (Lipinski definition) is 1. The average molecular weight is 320 g/mol. The lowest BCUT2D eigenvalue weighted by Gasteiger charge is -2.43. The molecule has 1 aromatic carbocycles. The van der Waals surface area contributed by atoms with Crippen molar-refractivity contribution in [2.45, 2.75) is 65.3 Å². The molecule has 0 radical (unpaired) electrons. The van der Waals surface area contributed by atoms with Crippen LogP contribution in [0.3, 0.4) is 0 Å². The molecule has 4 nitrogen and oxygen atoms in total. The van der Waals surface area contributed by atoms with Gasteiger partial charge in [0.25, 0.3) is 0 Å². The molecule has 1 N–H and O–H groups in total. The van der Waals surface area contributed by atoms with E-state index in [9.17, 15) is 9.90 Å². The largest absolute Gasteiger partial charge is 0.423 e. The van der Waals surface area contributed by atoms with Gasteiger partial charge < -0.3 is 14.6 Å². The van der Waals surface area contributed by atoms with E-state index in [-0.39, 0.29) is 0 Å². The van der Waals surface area contributed by atoms with E-state index in [2.05, 4.69) is 6.58 Å². The molecule has 1 aromatic rings. The molecule has 0 amide bonds. The zero-order chi connectivity index (χ0) is 18.1. The van der Waals surface area contributed by atoms with Gasteiger partial charge in [0.15, 0.2) is 0 Å². The third-order valence-electron chi connectivity index (χ3n) is 4.07. The molecule has 0 bridgehead atoms. The smallest absolute Gasteiger partial charge is 0.338 e. The highest BCUT2D eigenvalue weighted by atomic mass is 16.5. The normalized spacial score (nSPS) is 12.9. The van der Waals surface area contributed by atoms with Crippen molar-refractivity contribution >= 4 is 5.97 Å². The quantitative estimate of drug-likeness (QED) is 0.489. The molecule has 0 saturated carbocycles. The van der Waals surface area contributed by atoms with Crippen molar-refractivity contribution in [2.24, 2.45) is 0 Å². The van der Waals surface area contributed by atoms with Crippen molar-refractivity contribution in [3.8, 4) is 5.75 Å². The molecule has 128 valence electrons. The Hall–Kier alpha value is -1.65. The van der Waals surface area contributed by atoms with E-state index in [1.165, 1.54) is 0 Å². The Morgan fingerprint density at radius 1 is 1.13 bits per heavy atom. The second-order valence-electron chi connectivity index (χ2n) is 7.38. The van der Waals surface area contributed by atoms with Crippen molar-refractivity contribution in [3.63, 3.8) is 0 Å². The van der Waals surface area contributed by atoms with Crippen molar-refractivity contribution in [3.05, 3.63) is 42.0 Å². The second kappa shape index (κ2) is 6.46. The van der Waals surface area contributed by atoms with Gasteiger partial charge in [0.1, 0.15) is 5.75 Å². The predicted molar refractivity (Wildman–Crippen MR) is 91.4 cm³/mol. The van der Waals surface area contributed by atoms with Gasteiger partial charge in [-0.25, -0.2) is 4.79 Å². The molecule has 0 aliphatic heterocycles. The van der Waals surface area contributed by atoms with Crippen LogP contribution in [-0.4, -0.2) is 22.3 Å². The average Bonchev–Trinajstić information content (AvgIpc) is 2.36. The van der Waals surface area contributed by atoms with Crippen LogP contribution in [0.5, 0.6) is 5.75 Å². The monoisotopic (exact) mass is 320 g/mol. The molecule has 23 heavy (non-hydrogen) atoms. The lowest BCUT2D eigenvalue weighted by Crippen LogP contribution is -2.50. The first-order valence-electron chi connectivity index (χ1n) is 7.67. The van der Waals surface area contributed by atoms with E-state index in [4.69, 9.17) is 9.47 Å². The minimum Gasteiger partial charge on any atom is -0.423 e. The van der Waals surface area contributed by atoms with Gasteiger partial charge in [0.05, 0.1) is 16.8 Å². The van der Waals surface area contributed by atoms with Crippen LogP contribution in [0.4, 0.5) is 0 Å². The van der Waals surface area contributed by atoms with Gasteiger partial charge in [0, 0.05) is 5.57 Å². The number of ether oxygens (including phenoxy) is 2. The van der Waals surface area contributed by atoms with Crippen LogP contribution in [-0.2, 0) is 15.1 Å². The Balaban J connectivity index is 3.05. The Kier molecular flexibility index (Phi) is 5.45. The van der Waals surface area contributed by atoms with Crippen molar-refractivity contribution in [2.75, 3.05) is 0 Å². The summed E-state index contributed by atoms with van der Waals surface area (Å²) < 4.78 is 11.4. The maximum absolute atomic E-state index is 11.6. The van der Waals surface area contributed by atoms with Gasteiger partial charge in [0.2, 0.25) is 0 Å². The summed E-state index contributed by atoms with van der Waals surface area (Å²) in [6.45, 7) is 16.1. The summed E-state index contributed by atoms with van der Waals surface area (Å²) in [4.78, 5) is 11.6. The highest BCUT2D eigenvalue weighted by Crippen LogP contribution is 2.36. The lowest BCUT2D eigenvalue weighted by molar-refractivity contribution is -0.207. The van der Waals surface area contributed by atoms with Gasteiger partial charge in [-0.15, -0.1) is 0 Å². The zero-order valence-electron chi connectivity index (χ0n) is 15.2. The number of rotatable bonds is 6. The van der Waals surface area contributed by atoms with Gasteiger partial charge in [-0.1, -0.05) is 18.7 Å². The summed E-state index contributed by atoms with van der Waals surface area (Å²) in [7, 11) is 0. The third-order valence-corrected chi connectivity index (χ3v) is 4.07. The Morgan fingerprint density at radius 3 is 2.17 bits per heavy atom. The topological polar surface area (TPSA) is 55.8 Å². The molecule has 0 heterocycles. The summed E-state index contributed by atoms with van der Waals surface area (Å²) in [5.41, 5.74) is -1.25. The lowest BCUT2D eigenvalue weighted by atomic mass is 9.87. The molecule has 4 heteroatoms. The predicted octanol–water partition coefficient (Wildman–Crippen LogP) is 3.97. The molecule has 0 spiro atoms. The van der Waals surface area contributed by atoms with E-state index in [1.807, 2.05) is 33.8 Å². The molecule has 0 saturated heterocycles.